The summed E-state index contributed by atoms with van der Waals surface area (Å²) in [5.74, 6) is -6.24. The van der Waals surface area contributed by atoms with Gasteiger partial charge in [0.2, 0.25) is 0 Å². The molecule has 6 heterocycles. The second-order valence-electron chi connectivity index (χ2n) is 12.4. The van der Waals surface area contributed by atoms with Gasteiger partial charge in [0.05, 0.1) is 67.5 Å². The zero-order chi connectivity index (χ0) is 44.1. The van der Waals surface area contributed by atoms with Gasteiger partial charge in [-0.25, -0.2) is 28.8 Å². The van der Waals surface area contributed by atoms with Crippen LogP contribution in [0, 0.1) is 0 Å². The van der Waals surface area contributed by atoms with Gasteiger partial charge in [-0.3, -0.25) is 29.9 Å². The van der Waals surface area contributed by atoms with Gasteiger partial charge in [0.25, 0.3) is 0 Å². The molecule has 0 radical (unpaired) electrons. The van der Waals surface area contributed by atoms with E-state index in [4.69, 9.17) is 30.6 Å². The first-order chi connectivity index (χ1) is 28.6. The minimum absolute atomic E-state index is 0. The van der Waals surface area contributed by atoms with Crippen LogP contribution in [0.3, 0.4) is 0 Å². The third-order valence-electron chi connectivity index (χ3n) is 8.54. The van der Waals surface area contributed by atoms with Gasteiger partial charge >= 0.3 is 35.8 Å². The number of carboxylic acid groups (broad SMARTS) is 6. The number of pyridine rings is 6. The maximum absolute atomic E-state index is 10.9. The van der Waals surface area contributed by atoms with Gasteiger partial charge in [0.1, 0.15) is 0 Å². The van der Waals surface area contributed by atoms with Crippen molar-refractivity contribution in [2.45, 2.75) is 40.0 Å². The van der Waals surface area contributed by atoms with E-state index in [0.717, 1.165) is 16.7 Å². The monoisotopic (exact) mass is 918 g/mol. The number of nitrogens with zero attached hydrogens (tertiary/aromatic N) is 6. The number of carboxylic acids is 6. The van der Waals surface area contributed by atoms with Gasteiger partial charge in [0, 0.05) is 56.7 Å². The van der Waals surface area contributed by atoms with Gasteiger partial charge in [-0.05, 0) is 90.6 Å². The Hall–Kier alpha value is -7.66. The first-order valence-corrected chi connectivity index (χ1v) is 17.8. The molecule has 0 spiro atoms. The zero-order valence-corrected chi connectivity index (χ0v) is 34.2. The Morgan fingerprint density at radius 2 is 0.574 bits per heavy atom. The van der Waals surface area contributed by atoms with Gasteiger partial charge in [0.15, 0.2) is 0 Å². The topological polar surface area (TPSA) is 301 Å². The predicted octanol–water partition coefficient (Wildman–Crippen LogP) is 6.30. The summed E-state index contributed by atoms with van der Waals surface area (Å²) in [6.07, 6.45) is 9.37. The average molecular weight is 918 g/mol. The molecule has 0 saturated heterocycles. The van der Waals surface area contributed by atoms with Crippen molar-refractivity contribution in [2.24, 2.45) is 0 Å². The van der Waals surface area contributed by atoms with Crippen molar-refractivity contribution in [2.75, 3.05) is 0 Å². The number of aromatic carboxylic acids is 6. The van der Waals surface area contributed by atoms with Crippen LogP contribution >= 0.6 is 0 Å². The maximum Gasteiger partial charge on any atom is 0.337 e. The quantitative estimate of drug-likeness (QED) is 0.0733. The molecular formula is C42H36N6O12Ru. The molecule has 0 unspecified atom stereocenters. The third-order valence-corrected chi connectivity index (χ3v) is 8.54. The Morgan fingerprint density at radius 3 is 0.738 bits per heavy atom. The first kappa shape index (κ1) is 47.7. The summed E-state index contributed by atoms with van der Waals surface area (Å²) in [4.78, 5) is 89.6. The molecule has 19 heteroatoms. The van der Waals surface area contributed by atoms with E-state index < -0.39 is 35.8 Å². The standard InChI is InChI=1S/3C14H12N2O4.Ru/c3*1-2-8-5-10(14(19)20)7-16-12(8)11-4-3-9(6-15-11)13(17)18;/h3*3-7H,2H2,1H3,(H,17,18)(H,19,20);. The van der Waals surface area contributed by atoms with Crippen molar-refractivity contribution < 1.29 is 78.9 Å². The van der Waals surface area contributed by atoms with Crippen LogP contribution < -0.4 is 0 Å². The van der Waals surface area contributed by atoms with E-state index in [2.05, 4.69) is 29.9 Å². The second-order valence-corrected chi connectivity index (χ2v) is 12.4. The van der Waals surface area contributed by atoms with Crippen molar-refractivity contribution >= 4 is 35.8 Å². The molecule has 6 aromatic rings. The van der Waals surface area contributed by atoms with E-state index >= 15 is 0 Å². The molecule has 0 aliphatic rings. The molecular weight excluding hydrogens is 882 g/mol. The molecule has 0 aliphatic heterocycles. The number of hydrogen-bond acceptors (Lipinski definition) is 12. The minimum atomic E-state index is -1.05. The summed E-state index contributed by atoms with van der Waals surface area (Å²) < 4.78 is 0. The number of aryl methyl sites for hydroxylation is 3. The molecule has 18 nitrogen and oxygen atoms in total. The molecule has 0 bridgehead atoms. The number of aromatic nitrogens is 6. The fraction of sp³-hybridized carbons (Fsp3) is 0.143. The molecule has 0 atom stereocenters. The van der Waals surface area contributed by atoms with E-state index in [1.54, 1.807) is 36.4 Å². The number of carbonyl (C=O) groups is 6. The van der Waals surface area contributed by atoms with Crippen LogP contribution in [0.25, 0.3) is 34.2 Å². The van der Waals surface area contributed by atoms with Crippen LogP contribution in [0.2, 0.25) is 0 Å². The molecule has 0 fully saturated rings. The van der Waals surface area contributed by atoms with Crippen molar-refractivity contribution in [3.63, 3.8) is 0 Å². The Kier molecular flexibility index (Phi) is 17.1. The van der Waals surface area contributed by atoms with Crippen LogP contribution in [0.5, 0.6) is 0 Å². The van der Waals surface area contributed by atoms with Gasteiger partial charge in [-0.15, -0.1) is 0 Å². The zero-order valence-electron chi connectivity index (χ0n) is 32.5. The van der Waals surface area contributed by atoms with Crippen LogP contribution in [0.4, 0.5) is 0 Å². The summed E-state index contributed by atoms with van der Waals surface area (Å²) in [6, 6.07) is 13.7. The van der Waals surface area contributed by atoms with E-state index in [1.165, 1.54) is 55.4 Å². The average Bonchev–Trinajstić information content (AvgIpc) is 3.26. The molecule has 0 saturated carbocycles. The van der Waals surface area contributed by atoms with Gasteiger partial charge in [-0.2, -0.15) is 0 Å². The van der Waals surface area contributed by atoms with Crippen LogP contribution in [-0.4, -0.2) is 96.4 Å². The second kappa shape index (κ2) is 21.9. The van der Waals surface area contributed by atoms with Crippen molar-refractivity contribution in [3.05, 3.63) is 142 Å². The Balaban J connectivity index is 0.000000242. The number of rotatable bonds is 12. The van der Waals surface area contributed by atoms with E-state index in [1.807, 2.05) is 20.8 Å². The summed E-state index contributed by atoms with van der Waals surface area (Å²) in [5.41, 5.74) is 6.13. The van der Waals surface area contributed by atoms with E-state index in [9.17, 15) is 28.8 Å². The molecule has 0 aromatic carbocycles. The normalized spacial score (nSPS) is 10.1. The molecule has 6 N–H and O–H groups in total. The van der Waals surface area contributed by atoms with Crippen LogP contribution in [-0.2, 0) is 38.7 Å². The van der Waals surface area contributed by atoms with Crippen LogP contribution in [0.1, 0.15) is 99.6 Å². The summed E-state index contributed by atoms with van der Waals surface area (Å²) in [6.45, 7) is 5.66. The fourth-order valence-electron chi connectivity index (χ4n) is 5.36. The largest absolute Gasteiger partial charge is 0.478 e. The molecule has 6 aromatic heterocycles. The molecule has 61 heavy (non-hydrogen) atoms. The molecule has 6 rings (SSSR count). The smallest absolute Gasteiger partial charge is 0.337 e. The van der Waals surface area contributed by atoms with Gasteiger partial charge in [-0.1, -0.05) is 20.8 Å². The van der Waals surface area contributed by atoms with Gasteiger partial charge < -0.3 is 30.6 Å². The summed E-state index contributed by atoms with van der Waals surface area (Å²) >= 11 is 0. The minimum Gasteiger partial charge on any atom is -0.478 e. The Bertz CT molecular complexity index is 2290. The predicted molar refractivity (Wildman–Crippen MR) is 212 cm³/mol. The Labute approximate surface area is 359 Å². The van der Waals surface area contributed by atoms with Crippen molar-refractivity contribution in [1.82, 2.24) is 29.9 Å². The molecule has 0 amide bonds. The summed E-state index contributed by atoms with van der Waals surface area (Å²) in [7, 11) is 0. The van der Waals surface area contributed by atoms with Crippen LogP contribution in [0.15, 0.2) is 91.8 Å². The third kappa shape index (κ3) is 12.4. The van der Waals surface area contributed by atoms with E-state index in [0.29, 0.717) is 53.4 Å². The van der Waals surface area contributed by atoms with Crippen molar-refractivity contribution in [1.29, 1.82) is 0 Å². The maximum atomic E-state index is 10.9. The SMILES string of the molecule is CCc1cc(C(=O)O)cnc1-c1ccc(C(=O)O)cn1.CCc1cc(C(=O)O)cnc1-c1ccc(C(=O)O)cn1.CCc1cc(C(=O)O)cnc1-c1ccc(C(=O)O)cn1.[Ru]. The summed E-state index contributed by atoms with van der Waals surface area (Å²) in [5, 5.41) is 53.3. The van der Waals surface area contributed by atoms with E-state index in [-0.39, 0.29) is 52.9 Å². The van der Waals surface area contributed by atoms with Crippen molar-refractivity contribution in [3.8, 4) is 34.2 Å². The molecule has 314 valence electrons. The first-order valence-electron chi connectivity index (χ1n) is 17.8. The molecule has 0 aliphatic carbocycles. The fourth-order valence-corrected chi connectivity index (χ4v) is 5.36. The number of hydrogen-bond donors (Lipinski definition) is 6. The Morgan fingerprint density at radius 1 is 0.361 bits per heavy atom.